The van der Waals surface area contributed by atoms with Crippen molar-refractivity contribution in [3.05, 3.63) is 47.8 Å². The van der Waals surface area contributed by atoms with E-state index in [4.69, 9.17) is 0 Å². The number of aromatic nitrogens is 2. The highest BCUT2D eigenvalue weighted by Gasteiger charge is 2.09. The Morgan fingerprint density at radius 3 is 1.89 bits per heavy atom. The second-order valence-corrected chi connectivity index (χ2v) is 4.86. The van der Waals surface area contributed by atoms with Gasteiger partial charge < -0.3 is 9.80 Å². The molecule has 1 aromatic carbocycles. The second-order valence-electron chi connectivity index (χ2n) is 4.86. The molecule has 0 N–H and O–H groups in total. The summed E-state index contributed by atoms with van der Waals surface area (Å²) in [6, 6.07) is 13.5. The van der Waals surface area contributed by atoms with Crippen LogP contribution in [0.2, 0.25) is 0 Å². The van der Waals surface area contributed by atoms with Crippen LogP contribution in [-0.4, -0.2) is 38.2 Å². The molecule has 1 radical (unpaired) electrons. The molecular formula is C15H19N4. The van der Waals surface area contributed by atoms with E-state index in [0.717, 1.165) is 23.9 Å². The minimum atomic E-state index is 0.733. The Labute approximate surface area is 114 Å². The highest BCUT2D eigenvalue weighted by atomic mass is 15.2. The maximum absolute atomic E-state index is 4.54. The van der Waals surface area contributed by atoms with Crippen molar-refractivity contribution in [1.29, 1.82) is 0 Å². The molecule has 0 aliphatic carbocycles. The summed E-state index contributed by atoms with van der Waals surface area (Å²) in [7, 11) is 7.85. The van der Waals surface area contributed by atoms with Crippen LogP contribution < -0.4 is 9.80 Å². The van der Waals surface area contributed by atoms with Gasteiger partial charge in [-0.1, -0.05) is 30.3 Å². The van der Waals surface area contributed by atoms with Gasteiger partial charge in [-0.3, -0.25) is 0 Å². The van der Waals surface area contributed by atoms with Crippen LogP contribution in [0.4, 0.5) is 11.6 Å². The summed E-state index contributed by atoms with van der Waals surface area (Å²) in [5, 5.41) is 0. The molecular weight excluding hydrogens is 236 g/mol. The number of anilines is 2. The lowest BCUT2D eigenvalue weighted by Gasteiger charge is -2.17. The van der Waals surface area contributed by atoms with Crippen LogP contribution in [-0.2, 0) is 6.42 Å². The number of nitrogens with zero attached hydrogens (tertiary/aromatic N) is 4. The van der Waals surface area contributed by atoms with Crippen LogP contribution >= 0.6 is 0 Å². The summed E-state index contributed by atoms with van der Waals surface area (Å²) in [5.74, 6) is 2.44. The van der Waals surface area contributed by atoms with Crippen LogP contribution in [0, 0.1) is 6.07 Å². The predicted octanol–water partition coefficient (Wildman–Crippen LogP) is 2.00. The van der Waals surface area contributed by atoms with Gasteiger partial charge in [0.1, 0.15) is 17.5 Å². The topological polar surface area (TPSA) is 32.3 Å². The molecule has 2 rings (SSSR count). The van der Waals surface area contributed by atoms with Crippen LogP contribution in [0.15, 0.2) is 30.3 Å². The van der Waals surface area contributed by atoms with E-state index in [-0.39, 0.29) is 0 Å². The Balaban J connectivity index is 2.34. The molecule has 0 saturated carbocycles. The summed E-state index contributed by atoms with van der Waals surface area (Å²) in [5.41, 5.74) is 1.21. The summed E-state index contributed by atoms with van der Waals surface area (Å²) < 4.78 is 0. The lowest BCUT2D eigenvalue weighted by molar-refractivity contribution is 0.912. The zero-order chi connectivity index (χ0) is 13.8. The Morgan fingerprint density at radius 2 is 1.42 bits per heavy atom. The van der Waals surface area contributed by atoms with Gasteiger partial charge in [-0.25, -0.2) is 9.97 Å². The largest absolute Gasteiger partial charge is 0.362 e. The highest BCUT2D eigenvalue weighted by molar-refractivity contribution is 5.48. The second kappa shape index (κ2) is 5.69. The first kappa shape index (κ1) is 13.3. The van der Waals surface area contributed by atoms with Gasteiger partial charge in [0.25, 0.3) is 0 Å². The summed E-state index contributed by atoms with van der Waals surface area (Å²) in [6.45, 7) is 0. The summed E-state index contributed by atoms with van der Waals surface area (Å²) in [4.78, 5) is 13.0. The van der Waals surface area contributed by atoms with Crippen molar-refractivity contribution in [2.75, 3.05) is 38.0 Å². The first-order valence-corrected chi connectivity index (χ1v) is 6.25. The SMILES string of the molecule is CN(C)c1[c]c(N(C)C)nc(Cc2ccccc2)n1. The van der Waals surface area contributed by atoms with Crippen LogP contribution in [0.3, 0.4) is 0 Å². The average molecular weight is 255 g/mol. The molecule has 0 aliphatic rings. The quantitative estimate of drug-likeness (QED) is 0.836. The fourth-order valence-corrected chi connectivity index (χ4v) is 1.71. The molecule has 0 atom stereocenters. The first-order valence-electron chi connectivity index (χ1n) is 6.25. The number of hydrogen-bond donors (Lipinski definition) is 0. The number of hydrogen-bond acceptors (Lipinski definition) is 4. The molecule has 19 heavy (non-hydrogen) atoms. The van der Waals surface area contributed by atoms with E-state index in [9.17, 15) is 0 Å². The molecule has 0 saturated heterocycles. The molecule has 0 aliphatic heterocycles. The Kier molecular flexibility index (Phi) is 4.00. The number of benzene rings is 1. The third-order valence-corrected chi connectivity index (χ3v) is 2.75. The van der Waals surface area contributed by atoms with Gasteiger partial charge in [0.05, 0.1) is 6.07 Å². The van der Waals surface area contributed by atoms with Crippen molar-refractivity contribution in [2.45, 2.75) is 6.42 Å². The van der Waals surface area contributed by atoms with Gasteiger partial charge >= 0.3 is 0 Å². The molecule has 0 bridgehead atoms. The van der Waals surface area contributed by atoms with Crippen molar-refractivity contribution >= 4 is 11.6 Å². The van der Waals surface area contributed by atoms with Crippen molar-refractivity contribution in [2.24, 2.45) is 0 Å². The van der Waals surface area contributed by atoms with Gasteiger partial charge in [0.2, 0.25) is 0 Å². The van der Waals surface area contributed by atoms with Crippen molar-refractivity contribution in [3.63, 3.8) is 0 Å². The molecule has 0 amide bonds. The molecule has 1 aromatic heterocycles. The minimum absolute atomic E-state index is 0.733. The molecule has 1 heterocycles. The zero-order valence-corrected chi connectivity index (χ0v) is 11.9. The monoisotopic (exact) mass is 255 g/mol. The van der Waals surface area contributed by atoms with E-state index < -0.39 is 0 Å². The normalized spacial score (nSPS) is 10.3. The highest BCUT2D eigenvalue weighted by Crippen LogP contribution is 2.16. The lowest BCUT2D eigenvalue weighted by Crippen LogP contribution is -2.17. The van der Waals surface area contributed by atoms with Crippen molar-refractivity contribution in [3.8, 4) is 0 Å². The maximum atomic E-state index is 4.54. The number of rotatable bonds is 4. The molecule has 2 aromatic rings. The zero-order valence-electron chi connectivity index (χ0n) is 11.9. The molecule has 99 valence electrons. The van der Waals surface area contributed by atoms with E-state index in [0.29, 0.717) is 0 Å². The molecule has 4 nitrogen and oxygen atoms in total. The van der Waals surface area contributed by atoms with Gasteiger partial charge in [0.15, 0.2) is 0 Å². The lowest BCUT2D eigenvalue weighted by atomic mass is 10.1. The molecule has 0 unspecified atom stereocenters. The van der Waals surface area contributed by atoms with Gasteiger partial charge in [0, 0.05) is 34.6 Å². The first-order chi connectivity index (χ1) is 9.06. The van der Waals surface area contributed by atoms with E-state index in [1.54, 1.807) is 0 Å². The molecule has 0 spiro atoms. The Hall–Kier alpha value is -2.10. The van der Waals surface area contributed by atoms with E-state index in [1.165, 1.54) is 5.56 Å². The van der Waals surface area contributed by atoms with Crippen molar-refractivity contribution in [1.82, 2.24) is 9.97 Å². The third kappa shape index (κ3) is 3.44. The fourth-order valence-electron chi connectivity index (χ4n) is 1.71. The smallest absolute Gasteiger partial charge is 0.142 e. The van der Waals surface area contributed by atoms with E-state index >= 15 is 0 Å². The fraction of sp³-hybridized carbons (Fsp3) is 0.333. The van der Waals surface area contributed by atoms with Gasteiger partial charge in [-0.15, -0.1) is 0 Å². The summed E-state index contributed by atoms with van der Waals surface area (Å²) in [6.07, 6.45) is 0.733. The molecule has 4 heteroatoms. The predicted molar refractivity (Wildman–Crippen MR) is 78.8 cm³/mol. The summed E-state index contributed by atoms with van der Waals surface area (Å²) >= 11 is 0. The van der Waals surface area contributed by atoms with Crippen LogP contribution in [0.5, 0.6) is 0 Å². The van der Waals surface area contributed by atoms with E-state index in [2.05, 4.69) is 28.2 Å². The maximum Gasteiger partial charge on any atom is 0.142 e. The van der Waals surface area contributed by atoms with Crippen molar-refractivity contribution < 1.29 is 0 Å². The molecule has 0 fully saturated rings. The van der Waals surface area contributed by atoms with Crippen LogP contribution in [0.1, 0.15) is 11.4 Å². The van der Waals surface area contributed by atoms with Gasteiger partial charge in [-0.05, 0) is 5.56 Å². The average Bonchev–Trinajstić information content (AvgIpc) is 2.39. The van der Waals surface area contributed by atoms with Crippen LogP contribution in [0.25, 0.3) is 0 Å². The Morgan fingerprint density at radius 1 is 0.895 bits per heavy atom. The van der Waals surface area contributed by atoms with E-state index in [1.807, 2.05) is 56.2 Å². The minimum Gasteiger partial charge on any atom is -0.362 e. The standard InChI is InChI=1S/C15H19N4/c1-18(2)14-11-15(19(3)4)17-13(16-14)10-12-8-6-5-7-9-12/h5-9H,10H2,1-4H3. The third-order valence-electron chi connectivity index (χ3n) is 2.75. The Bertz CT molecular complexity index is 509. The van der Waals surface area contributed by atoms with Gasteiger partial charge in [-0.2, -0.15) is 0 Å².